The second kappa shape index (κ2) is 6.51. The molecule has 3 rings (SSSR count). The SMILES string of the molecule is FC(F)(F)c1cccc(P(c2ccccc2)c2ccccc2)n1. The highest BCUT2D eigenvalue weighted by Gasteiger charge is 2.33. The summed E-state index contributed by atoms with van der Waals surface area (Å²) in [6.45, 7) is 0. The Balaban J connectivity index is 2.14. The Morgan fingerprint density at radius 2 is 1.17 bits per heavy atom. The molecule has 0 unspecified atom stereocenters. The van der Waals surface area contributed by atoms with Crippen LogP contribution in [-0.2, 0) is 6.18 Å². The zero-order chi connectivity index (χ0) is 16.3. The molecule has 5 heteroatoms. The normalized spacial score (nSPS) is 11.7. The Labute approximate surface area is 133 Å². The molecule has 0 radical (unpaired) electrons. The highest BCUT2D eigenvalue weighted by Crippen LogP contribution is 2.33. The molecule has 0 amide bonds. The number of halogens is 3. The second-order valence-corrected chi connectivity index (χ2v) is 7.05. The largest absolute Gasteiger partial charge is 0.433 e. The summed E-state index contributed by atoms with van der Waals surface area (Å²) in [5.74, 6) is 0. The van der Waals surface area contributed by atoms with Crippen molar-refractivity contribution in [3.63, 3.8) is 0 Å². The number of aromatic nitrogens is 1. The molecule has 2 aromatic carbocycles. The van der Waals surface area contributed by atoms with Crippen molar-refractivity contribution >= 4 is 24.0 Å². The standard InChI is InChI=1S/C18H13F3NP/c19-18(20,21)16-12-7-13-17(22-16)23(14-8-3-1-4-9-14)15-10-5-2-6-11-15/h1-13H. The third-order valence-electron chi connectivity index (χ3n) is 3.28. The number of hydrogen-bond acceptors (Lipinski definition) is 1. The van der Waals surface area contributed by atoms with Gasteiger partial charge in [-0.2, -0.15) is 13.2 Å². The summed E-state index contributed by atoms with van der Waals surface area (Å²) >= 11 is 0. The third kappa shape index (κ3) is 3.59. The molecule has 0 atom stereocenters. The minimum atomic E-state index is -4.44. The lowest BCUT2D eigenvalue weighted by Crippen LogP contribution is -2.24. The van der Waals surface area contributed by atoms with Crippen LogP contribution in [-0.4, -0.2) is 4.98 Å². The highest BCUT2D eigenvalue weighted by molar-refractivity contribution is 7.79. The van der Waals surface area contributed by atoms with E-state index in [2.05, 4.69) is 4.98 Å². The Hall–Kier alpha value is -2.19. The monoisotopic (exact) mass is 331 g/mol. The van der Waals surface area contributed by atoms with Gasteiger partial charge in [-0.1, -0.05) is 66.7 Å². The van der Waals surface area contributed by atoms with Gasteiger partial charge in [-0.3, -0.25) is 0 Å². The van der Waals surface area contributed by atoms with Gasteiger partial charge >= 0.3 is 6.18 Å². The van der Waals surface area contributed by atoms with E-state index in [9.17, 15) is 13.2 Å². The van der Waals surface area contributed by atoms with E-state index in [1.54, 1.807) is 6.07 Å². The third-order valence-corrected chi connectivity index (χ3v) is 5.62. The lowest BCUT2D eigenvalue weighted by atomic mass is 10.3. The van der Waals surface area contributed by atoms with Crippen LogP contribution in [0, 0.1) is 0 Å². The fourth-order valence-electron chi connectivity index (χ4n) is 2.27. The summed E-state index contributed by atoms with van der Waals surface area (Å²) in [7, 11) is -1.12. The summed E-state index contributed by atoms with van der Waals surface area (Å²) in [5.41, 5.74) is -0.401. The minimum Gasteiger partial charge on any atom is -0.243 e. The van der Waals surface area contributed by atoms with Gasteiger partial charge in [-0.05, 0) is 22.7 Å². The Bertz CT molecular complexity index is 734. The molecule has 0 aliphatic carbocycles. The number of hydrogen-bond donors (Lipinski definition) is 0. The molecule has 0 aliphatic rings. The van der Waals surface area contributed by atoms with Crippen molar-refractivity contribution in [1.29, 1.82) is 0 Å². The van der Waals surface area contributed by atoms with Crippen LogP contribution in [0.5, 0.6) is 0 Å². The maximum absolute atomic E-state index is 13.0. The fraction of sp³-hybridized carbons (Fsp3) is 0.0556. The summed E-state index contributed by atoms with van der Waals surface area (Å²) in [6, 6.07) is 23.2. The first kappa shape index (κ1) is 15.7. The van der Waals surface area contributed by atoms with Gasteiger partial charge in [-0.25, -0.2) is 4.98 Å². The number of alkyl halides is 3. The highest BCUT2D eigenvalue weighted by atomic mass is 31.1. The number of benzene rings is 2. The van der Waals surface area contributed by atoms with E-state index in [0.29, 0.717) is 5.44 Å². The number of pyridine rings is 1. The molecular weight excluding hydrogens is 318 g/mol. The van der Waals surface area contributed by atoms with Gasteiger partial charge < -0.3 is 0 Å². The van der Waals surface area contributed by atoms with Gasteiger partial charge in [0.1, 0.15) is 5.69 Å². The molecule has 116 valence electrons. The molecule has 0 spiro atoms. The quantitative estimate of drug-likeness (QED) is 0.664. The lowest BCUT2D eigenvalue weighted by molar-refractivity contribution is -0.141. The molecule has 1 aromatic heterocycles. The molecule has 0 saturated heterocycles. The van der Waals surface area contributed by atoms with Crippen LogP contribution in [0.25, 0.3) is 0 Å². The van der Waals surface area contributed by atoms with E-state index in [1.807, 2.05) is 60.7 Å². The van der Waals surface area contributed by atoms with Gasteiger partial charge in [0.2, 0.25) is 0 Å². The Morgan fingerprint density at radius 1 is 0.652 bits per heavy atom. The van der Waals surface area contributed by atoms with Gasteiger partial charge in [-0.15, -0.1) is 0 Å². The molecule has 0 N–H and O–H groups in total. The first-order valence-corrected chi connectivity index (χ1v) is 8.34. The Kier molecular flexibility index (Phi) is 4.44. The van der Waals surface area contributed by atoms with Gasteiger partial charge in [0.15, 0.2) is 0 Å². The maximum atomic E-state index is 13.0. The zero-order valence-electron chi connectivity index (χ0n) is 12.0. The predicted molar refractivity (Wildman–Crippen MR) is 87.9 cm³/mol. The van der Waals surface area contributed by atoms with Crippen molar-refractivity contribution in [2.75, 3.05) is 0 Å². The fourth-order valence-corrected chi connectivity index (χ4v) is 4.48. The Morgan fingerprint density at radius 3 is 1.65 bits per heavy atom. The molecule has 1 nitrogen and oxygen atoms in total. The van der Waals surface area contributed by atoms with Crippen LogP contribution in [0.2, 0.25) is 0 Å². The van der Waals surface area contributed by atoms with Crippen LogP contribution in [0.1, 0.15) is 5.69 Å². The first-order valence-electron chi connectivity index (χ1n) is 7.00. The summed E-state index contributed by atoms with van der Waals surface area (Å²) < 4.78 is 38.9. The average molecular weight is 331 g/mol. The van der Waals surface area contributed by atoms with E-state index in [4.69, 9.17) is 0 Å². The van der Waals surface area contributed by atoms with Crippen molar-refractivity contribution in [2.45, 2.75) is 6.18 Å². The van der Waals surface area contributed by atoms with Crippen molar-refractivity contribution in [3.05, 3.63) is 84.6 Å². The topological polar surface area (TPSA) is 12.9 Å². The number of rotatable bonds is 3. The molecule has 0 fully saturated rings. The molecule has 0 bridgehead atoms. The summed E-state index contributed by atoms with van der Waals surface area (Å²) in [5, 5.41) is 1.95. The zero-order valence-corrected chi connectivity index (χ0v) is 12.9. The predicted octanol–water partition coefficient (Wildman–Crippen LogP) is 3.86. The van der Waals surface area contributed by atoms with Crippen molar-refractivity contribution in [1.82, 2.24) is 4.98 Å². The van der Waals surface area contributed by atoms with Crippen molar-refractivity contribution in [2.24, 2.45) is 0 Å². The molecule has 1 heterocycles. The maximum Gasteiger partial charge on any atom is 0.433 e. The average Bonchev–Trinajstić information content (AvgIpc) is 2.57. The van der Waals surface area contributed by atoms with Crippen LogP contribution in [0.4, 0.5) is 13.2 Å². The molecule has 0 aliphatic heterocycles. The van der Waals surface area contributed by atoms with Gasteiger partial charge in [0.25, 0.3) is 0 Å². The molecule has 0 saturated carbocycles. The van der Waals surface area contributed by atoms with Gasteiger partial charge in [0.05, 0.1) is 5.44 Å². The van der Waals surface area contributed by atoms with E-state index in [0.717, 1.165) is 16.7 Å². The number of nitrogens with zero attached hydrogens (tertiary/aromatic N) is 1. The second-order valence-electron chi connectivity index (χ2n) is 4.89. The van der Waals surface area contributed by atoms with E-state index in [1.165, 1.54) is 6.07 Å². The van der Waals surface area contributed by atoms with E-state index >= 15 is 0 Å². The van der Waals surface area contributed by atoms with Gasteiger partial charge in [0, 0.05) is 7.92 Å². The van der Waals surface area contributed by atoms with Crippen molar-refractivity contribution < 1.29 is 13.2 Å². The summed E-state index contributed by atoms with van der Waals surface area (Å²) in [4.78, 5) is 3.90. The van der Waals surface area contributed by atoms with E-state index < -0.39 is 19.8 Å². The summed E-state index contributed by atoms with van der Waals surface area (Å²) in [6.07, 6.45) is -4.44. The molecule has 3 aromatic rings. The van der Waals surface area contributed by atoms with Crippen molar-refractivity contribution in [3.8, 4) is 0 Å². The van der Waals surface area contributed by atoms with Crippen LogP contribution >= 0.6 is 7.92 Å². The molecule has 23 heavy (non-hydrogen) atoms. The van der Waals surface area contributed by atoms with Crippen LogP contribution in [0.15, 0.2) is 78.9 Å². The minimum absolute atomic E-state index is 0.451. The lowest BCUT2D eigenvalue weighted by Gasteiger charge is -2.19. The van der Waals surface area contributed by atoms with Crippen LogP contribution < -0.4 is 16.0 Å². The van der Waals surface area contributed by atoms with E-state index in [-0.39, 0.29) is 0 Å². The van der Waals surface area contributed by atoms with Crippen LogP contribution in [0.3, 0.4) is 0 Å². The smallest absolute Gasteiger partial charge is 0.243 e. The first-order chi connectivity index (χ1) is 11.1. The molecular formula is C18H13F3NP.